The quantitative estimate of drug-likeness (QED) is 0.152. The molecule has 52 heavy (non-hydrogen) atoms. The molecule has 0 N–H and O–H groups in total. The standard InChI is InChI=1S/C50H34S2/c1-5-17-33(18-6-1)41-31-43-39-27-15-13-25-37(39)29-45(43)49(47(41)35-21-9-3-10-22-35)51-52-50-46-30-38-26-14-16-28-40(38)44(46)32-42(34-19-7-2-8-20-34)48(50)36-23-11-4-12-24-36/h1-28,31-32H,29-30H2. The Morgan fingerprint density at radius 2 is 0.615 bits per heavy atom. The first kappa shape index (κ1) is 31.2. The van der Waals surface area contributed by atoms with Crippen molar-refractivity contribution in [2.75, 3.05) is 0 Å². The largest absolute Gasteiger partial charge is 0.0622 e. The topological polar surface area (TPSA) is 0 Å². The van der Waals surface area contributed by atoms with Gasteiger partial charge in [0.05, 0.1) is 0 Å². The normalized spacial score (nSPS) is 12.2. The van der Waals surface area contributed by atoms with Gasteiger partial charge in [0.1, 0.15) is 0 Å². The average molecular weight is 699 g/mol. The molecule has 10 rings (SSSR count). The van der Waals surface area contributed by atoms with Gasteiger partial charge < -0.3 is 0 Å². The zero-order chi connectivity index (χ0) is 34.4. The van der Waals surface area contributed by atoms with Crippen LogP contribution in [0.1, 0.15) is 22.3 Å². The molecule has 0 aliphatic heterocycles. The van der Waals surface area contributed by atoms with Crippen molar-refractivity contribution in [3.8, 4) is 66.8 Å². The van der Waals surface area contributed by atoms with Gasteiger partial charge in [-0.3, -0.25) is 0 Å². The van der Waals surface area contributed by atoms with E-state index in [1.807, 2.05) is 21.6 Å². The van der Waals surface area contributed by atoms with Gasteiger partial charge >= 0.3 is 0 Å². The van der Waals surface area contributed by atoms with E-state index in [0.717, 1.165) is 12.8 Å². The van der Waals surface area contributed by atoms with Gasteiger partial charge in [-0.15, -0.1) is 0 Å². The van der Waals surface area contributed by atoms with E-state index in [-0.39, 0.29) is 0 Å². The Labute approximate surface area is 313 Å². The first-order valence-electron chi connectivity index (χ1n) is 17.9. The Bertz CT molecular complexity index is 2410. The molecule has 8 aromatic rings. The highest BCUT2D eigenvalue weighted by Crippen LogP contribution is 2.57. The van der Waals surface area contributed by atoms with Crippen LogP contribution in [0.5, 0.6) is 0 Å². The van der Waals surface area contributed by atoms with E-state index in [9.17, 15) is 0 Å². The van der Waals surface area contributed by atoms with E-state index in [1.165, 1.54) is 98.8 Å². The molecular weight excluding hydrogens is 665 g/mol. The van der Waals surface area contributed by atoms with E-state index in [1.54, 1.807) is 0 Å². The maximum atomic E-state index is 2.47. The zero-order valence-electron chi connectivity index (χ0n) is 28.6. The molecule has 0 amide bonds. The first-order chi connectivity index (χ1) is 25.8. The molecule has 2 aliphatic carbocycles. The summed E-state index contributed by atoms with van der Waals surface area (Å²) in [6.45, 7) is 0. The van der Waals surface area contributed by atoms with Crippen LogP contribution in [0.15, 0.2) is 192 Å². The summed E-state index contributed by atoms with van der Waals surface area (Å²) in [4.78, 5) is 2.72. The Balaban J connectivity index is 1.23. The lowest BCUT2D eigenvalue weighted by molar-refractivity contribution is 1.19. The summed E-state index contributed by atoms with van der Waals surface area (Å²) < 4.78 is 0. The molecule has 2 heteroatoms. The van der Waals surface area contributed by atoms with Crippen molar-refractivity contribution in [3.05, 3.63) is 204 Å². The molecule has 0 aromatic heterocycles. The Morgan fingerprint density at radius 3 is 1.00 bits per heavy atom. The first-order valence-corrected chi connectivity index (χ1v) is 20.1. The lowest BCUT2D eigenvalue weighted by Gasteiger charge is -2.22. The molecule has 0 saturated carbocycles. The molecule has 0 heterocycles. The van der Waals surface area contributed by atoms with Crippen LogP contribution in [-0.4, -0.2) is 0 Å². The lowest BCUT2D eigenvalue weighted by atomic mass is 9.90. The number of fused-ring (bicyclic) bond motifs is 6. The van der Waals surface area contributed by atoms with Crippen LogP contribution in [0.3, 0.4) is 0 Å². The summed E-state index contributed by atoms with van der Waals surface area (Å²) in [5, 5.41) is 0. The second-order valence-corrected chi connectivity index (χ2v) is 15.8. The SMILES string of the molecule is c1ccc(-c2cc3c(c(SSc4c5c(cc(-c6ccccc6)c4-c4ccccc4)-c4ccccc4C5)c2-c2ccccc2)Cc2ccccc2-3)cc1. The van der Waals surface area contributed by atoms with Gasteiger partial charge in [0.25, 0.3) is 0 Å². The molecule has 0 nitrogen and oxygen atoms in total. The molecule has 0 atom stereocenters. The zero-order valence-corrected chi connectivity index (χ0v) is 30.2. The van der Waals surface area contributed by atoms with Gasteiger partial charge in [-0.25, -0.2) is 0 Å². The Morgan fingerprint density at radius 1 is 0.288 bits per heavy atom. The summed E-state index contributed by atoms with van der Waals surface area (Å²) >= 11 is 0. The van der Waals surface area contributed by atoms with Crippen LogP contribution in [0.2, 0.25) is 0 Å². The van der Waals surface area contributed by atoms with Gasteiger partial charge in [-0.2, -0.15) is 0 Å². The molecule has 0 spiro atoms. The fourth-order valence-corrected chi connectivity index (χ4v) is 11.2. The van der Waals surface area contributed by atoms with Crippen molar-refractivity contribution < 1.29 is 0 Å². The van der Waals surface area contributed by atoms with Gasteiger partial charge in [0.15, 0.2) is 0 Å². The van der Waals surface area contributed by atoms with Crippen molar-refractivity contribution in [1.29, 1.82) is 0 Å². The Hall–Kier alpha value is -5.54. The smallest absolute Gasteiger partial charge is 0.0312 e. The summed E-state index contributed by atoms with van der Waals surface area (Å²) in [5.41, 5.74) is 21.3. The third-order valence-corrected chi connectivity index (χ3v) is 13.2. The predicted octanol–water partition coefficient (Wildman–Crippen LogP) is 14.3. The van der Waals surface area contributed by atoms with Gasteiger partial charge in [-0.1, -0.05) is 191 Å². The molecule has 8 aromatic carbocycles. The van der Waals surface area contributed by atoms with E-state index in [2.05, 4.69) is 182 Å². The minimum Gasteiger partial charge on any atom is -0.0622 e. The highest BCUT2D eigenvalue weighted by atomic mass is 33.1. The summed E-state index contributed by atoms with van der Waals surface area (Å²) in [7, 11) is 3.91. The molecule has 0 bridgehead atoms. The highest BCUT2D eigenvalue weighted by Gasteiger charge is 2.30. The maximum Gasteiger partial charge on any atom is 0.0312 e. The van der Waals surface area contributed by atoms with Crippen molar-refractivity contribution in [2.45, 2.75) is 22.6 Å². The predicted molar refractivity (Wildman–Crippen MR) is 223 cm³/mol. The van der Waals surface area contributed by atoms with Crippen LogP contribution < -0.4 is 0 Å². The van der Waals surface area contributed by atoms with Crippen LogP contribution in [-0.2, 0) is 12.8 Å². The second-order valence-electron chi connectivity index (χ2n) is 13.6. The third-order valence-electron chi connectivity index (χ3n) is 10.6. The Kier molecular flexibility index (Phi) is 7.93. The number of hydrogen-bond acceptors (Lipinski definition) is 2. The van der Waals surface area contributed by atoms with Crippen molar-refractivity contribution in [1.82, 2.24) is 0 Å². The van der Waals surface area contributed by atoms with Crippen molar-refractivity contribution >= 4 is 21.6 Å². The minimum atomic E-state index is 0.933. The van der Waals surface area contributed by atoms with E-state index < -0.39 is 0 Å². The number of hydrogen-bond donors (Lipinski definition) is 0. The highest BCUT2D eigenvalue weighted by molar-refractivity contribution is 8.76. The monoisotopic (exact) mass is 698 g/mol. The van der Waals surface area contributed by atoms with Gasteiger partial charge in [0, 0.05) is 20.9 Å². The molecule has 0 fully saturated rings. The number of rotatable bonds is 7. The second kappa shape index (κ2) is 13.2. The van der Waals surface area contributed by atoms with E-state index in [4.69, 9.17) is 0 Å². The summed E-state index contributed by atoms with van der Waals surface area (Å²) in [6, 6.07) is 66.9. The van der Waals surface area contributed by atoms with E-state index in [0.29, 0.717) is 0 Å². The molecule has 0 radical (unpaired) electrons. The average Bonchev–Trinajstić information content (AvgIpc) is 3.79. The third kappa shape index (κ3) is 5.34. The summed E-state index contributed by atoms with van der Waals surface area (Å²) in [5.74, 6) is 0. The lowest BCUT2D eigenvalue weighted by Crippen LogP contribution is -1.96. The van der Waals surface area contributed by atoms with Crippen molar-refractivity contribution in [2.24, 2.45) is 0 Å². The van der Waals surface area contributed by atoms with Crippen LogP contribution in [0.4, 0.5) is 0 Å². The maximum absolute atomic E-state index is 2.47. The van der Waals surface area contributed by atoms with E-state index >= 15 is 0 Å². The van der Waals surface area contributed by atoms with Crippen LogP contribution >= 0.6 is 21.6 Å². The molecule has 2 aliphatic rings. The molecular formula is C50H34S2. The minimum absolute atomic E-state index is 0.933. The fourth-order valence-electron chi connectivity index (χ4n) is 8.23. The fraction of sp³-hybridized carbons (Fsp3) is 0.0400. The molecule has 0 saturated heterocycles. The van der Waals surface area contributed by atoms with Gasteiger partial charge in [-0.05, 0) is 103 Å². The van der Waals surface area contributed by atoms with Crippen LogP contribution in [0.25, 0.3) is 66.8 Å². The summed E-state index contributed by atoms with van der Waals surface area (Å²) in [6.07, 6.45) is 1.87. The van der Waals surface area contributed by atoms with Crippen molar-refractivity contribution in [3.63, 3.8) is 0 Å². The number of benzene rings is 8. The molecule has 0 unspecified atom stereocenters. The molecule has 246 valence electrons. The van der Waals surface area contributed by atoms with Gasteiger partial charge in [0.2, 0.25) is 0 Å². The van der Waals surface area contributed by atoms with Crippen LogP contribution in [0, 0.1) is 0 Å².